The van der Waals surface area contributed by atoms with Crippen LogP contribution in [0.15, 0.2) is 87.2 Å². The number of carbonyl (C=O) groups is 2. The number of benzene rings is 4. The van der Waals surface area contributed by atoms with Gasteiger partial charge in [0, 0.05) is 46.8 Å². The average Bonchev–Trinajstić information content (AvgIpc) is 3.74. The number of phenols is 3. The van der Waals surface area contributed by atoms with Crippen molar-refractivity contribution in [3.8, 4) is 23.0 Å². The van der Waals surface area contributed by atoms with Crippen molar-refractivity contribution in [2.24, 2.45) is 0 Å². The maximum Gasteiger partial charge on any atom is 0.569 e. The van der Waals surface area contributed by atoms with Gasteiger partial charge in [0.2, 0.25) is 0 Å². The molecule has 0 bridgehead atoms. The van der Waals surface area contributed by atoms with E-state index in [-0.39, 0.29) is 91.1 Å². The van der Waals surface area contributed by atoms with Crippen molar-refractivity contribution in [3.05, 3.63) is 112 Å². The number of aromatic hydroxyl groups is 3. The van der Waals surface area contributed by atoms with Crippen LogP contribution in [0.5, 0.6) is 23.0 Å². The van der Waals surface area contributed by atoms with E-state index >= 15 is 0 Å². The number of hydrogen-bond acceptors (Lipinski definition) is 9. The number of phenolic OH excluding ortho intramolecular Hbond substituents is 3. The second kappa shape index (κ2) is 14.9. The molecular formula is C34H24BBr4O9. The van der Waals surface area contributed by atoms with E-state index < -0.39 is 35.4 Å². The number of ketones is 2. The molecular weight excluding hydrogens is 883 g/mol. The molecule has 4 N–H and O–H groups in total. The van der Waals surface area contributed by atoms with Crippen LogP contribution < -0.4 is 4.65 Å². The lowest BCUT2D eigenvalue weighted by Gasteiger charge is -2.06. The lowest BCUT2D eigenvalue weighted by molar-refractivity contribution is 0.103. The molecule has 6 aromatic rings. The van der Waals surface area contributed by atoms with Gasteiger partial charge in [-0.25, -0.2) is 0 Å². The molecule has 4 aromatic carbocycles. The zero-order valence-corrected chi connectivity index (χ0v) is 31.0. The summed E-state index contributed by atoms with van der Waals surface area (Å²) in [6.45, 7) is 3.51. The van der Waals surface area contributed by atoms with E-state index in [0.717, 1.165) is 0 Å². The highest BCUT2D eigenvalue weighted by molar-refractivity contribution is 9.11. The molecule has 0 saturated heterocycles. The zero-order chi connectivity index (χ0) is 40.1. The van der Waals surface area contributed by atoms with Gasteiger partial charge >= 0.3 is 7.69 Å². The Labute approximate surface area is 316 Å². The number of rotatable bonds is 8. The molecule has 2 heterocycles. The first-order valence-electron chi connectivity index (χ1n) is 16.8. The predicted octanol–water partition coefficient (Wildman–Crippen LogP) is 9.52. The van der Waals surface area contributed by atoms with Crippen molar-refractivity contribution in [2.75, 3.05) is 0 Å². The Morgan fingerprint density at radius 2 is 1.15 bits per heavy atom. The van der Waals surface area contributed by atoms with Crippen LogP contribution in [0.2, 0.25) is 0 Å². The topological polar surface area (TPSA) is 151 Å². The number of furan rings is 2. The third-order valence-corrected chi connectivity index (χ3v) is 9.27. The third kappa shape index (κ3) is 7.08. The number of hydrogen-bond donors (Lipinski definition) is 4. The van der Waals surface area contributed by atoms with Gasteiger partial charge in [-0.05, 0) is 112 Å². The molecule has 0 aliphatic carbocycles. The Balaban J connectivity index is 0.000000208. The lowest BCUT2D eigenvalue weighted by atomic mass is 9.99. The van der Waals surface area contributed by atoms with Crippen LogP contribution in [0.4, 0.5) is 0 Å². The van der Waals surface area contributed by atoms with Gasteiger partial charge in [0.15, 0.2) is 11.6 Å². The molecule has 48 heavy (non-hydrogen) atoms. The van der Waals surface area contributed by atoms with E-state index in [1.807, 2.05) is 0 Å². The van der Waals surface area contributed by atoms with Gasteiger partial charge in [0.1, 0.15) is 45.7 Å². The van der Waals surface area contributed by atoms with Gasteiger partial charge in [-0.1, -0.05) is 13.8 Å². The summed E-state index contributed by atoms with van der Waals surface area (Å²) in [6.07, 6.45) is 0.633. The third-order valence-electron chi connectivity index (χ3n) is 6.85. The molecule has 0 fully saturated rings. The van der Waals surface area contributed by atoms with Crippen molar-refractivity contribution in [1.29, 1.82) is 0 Å². The number of carbonyl (C=O) groups excluding carboxylic acids is 2. The number of aryl methyl sites for hydroxylation is 2. The summed E-state index contributed by atoms with van der Waals surface area (Å²) < 4.78 is 65.7. The summed E-state index contributed by atoms with van der Waals surface area (Å²) in [5, 5.41) is 38.5. The molecule has 14 heteroatoms. The summed E-state index contributed by atoms with van der Waals surface area (Å²) in [5.74, 6) is -1.55. The van der Waals surface area contributed by atoms with Gasteiger partial charge in [0.05, 0.1) is 37.2 Å². The number of halogens is 4. The fourth-order valence-electron chi connectivity index (χ4n) is 4.66. The molecule has 0 aliphatic heterocycles. The molecule has 2 aromatic heterocycles. The van der Waals surface area contributed by atoms with Crippen molar-refractivity contribution in [3.63, 3.8) is 0 Å². The van der Waals surface area contributed by atoms with E-state index in [1.54, 1.807) is 13.8 Å². The van der Waals surface area contributed by atoms with Gasteiger partial charge in [0.25, 0.3) is 0 Å². The highest BCUT2D eigenvalue weighted by Gasteiger charge is 2.24. The smallest absolute Gasteiger partial charge is 0.537 e. The standard InChI is InChI=1S/C17H12BBr2O5.C17H12Br2O4/c1-2-13-15(10-4-3-9(25-18-23)7-14(10)24-13)16(21)8-5-11(19)17(22)12(20)6-8;1-2-13-15(10-4-3-9(20)7-14(10)23-13)16(21)8-5-11(18)17(22)12(19)6-8/h3-7,22-23H,2H2,1H3;3-7,20,22H,2H2,1H3/i2*3D,4D,7D. The summed E-state index contributed by atoms with van der Waals surface area (Å²) in [4.78, 5) is 26.4. The molecule has 0 amide bonds. The first-order valence-corrected chi connectivity index (χ1v) is 17.0. The van der Waals surface area contributed by atoms with Crippen LogP contribution in [0.25, 0.3) is 21.9 Å². The Morgan fingerprint density at radius 1 is 0.729 bits per heavy atom. The minimum absolute atomic E-state index is 0.0277. The SMILES string of the molecule is [2H]c1c(O)c([2H])c2oc(CC)c(C(=O)c3cc(Br)c(O)c(Br)c3)c2c1[2H].[2H]c1c(O[B]O)c([2H])c2oc(CC)c(C(=O)c3cc(Br)c(O)c(Br)c3)c2c1[2H]. The summed E-state index contributed by atoms with van der Waals surface area (Å²) >= 11 is 12.7. The quantitative estimate of drug-likeness (QED) is 0.0865. The van der Waals surface area contributed by atoms with E-state index in [0.29, 0.717) is 38.4 Å². The highest BCUT2D eigenvalue weighted by Crippen LogP contribution is 2.38. The van der Waals surface area contributed by atoms with Crippen LogP contribution in [0.3, 0.4) is 0 Å². The molecule has 0 aliphatic rings. The maximum atomic E-state index is 13.2. The second-order valence-corrected chi connectivity index (χ2v) is 13.2. The average molecular weight is 913 g/mol. The predicted molar refractivity (Wildman–Crippen MR) is 195 cm³/mol. The largest absolute Gasteiger partial charge is 0.569 e. The Kier molecular flexibility index (Phi) is 8.79. The van der Waals surface area contributed by atoms with Crippen molar-refractivity contribution < 1.29 is 51.6 Å². The minimum Gasteiger partial charge on any atom is -0.537 e. The van der Waals surface area contributed by atoms with Crippen molar-refractivity contribution >= 4 is 105 Å². The Bertz CT molecular complexity index is 2490. The van der Waals surface area contributed by atoms with E-state index in [2.05, 4.69) is 63.7 Å². The van der Waals surface area contributed by atoms with Crippen molar-refractivity contribution in [1.82, 2.24) is 0 Å². The van der Waals surface area contributed by atoms with E-state index in [1.165, 1.54) is 24.3 Å². The number of fused-ring (bicyclic) bond motifs is 2. The lowest BCUT2D eigenvalue weighted by Crippen LogP contribution is -2.04. The van der Waals surface area contributed by atoms with Crippen LogP contribution in [-0.4, -0.2) is 39.6 Å². The first-order chi connectivity index (χ1) is 25.4. The molecule has 245 valence electrons. The molecule has 0 saturated carbocycles. The van der Waals surface area contributed by atoms with Crippen LogP contribution >= 0.6 is 63.7 Å². The first kappa shape index (κ1) is 28.3. The second-order valence-electron chi connectivity index (χ2n) is 9.80. The van der Waals surface area contributed by atoms with E-state index in [9.17, 15) is 24.9 Å². The molecule has 0 unspecified atom stereocenters. The van der Waals surface area contributed by atoms with Crippen molar-refractivity contribution in [2.45, 2.75) is 26.7 Å². The summed E-state index contributed by atoms with van der Waals surface area (Å²) in [5.41, 5.74) is 0.433. The molecule has 9 nitrogen and oxygen atoms in total. The van der Waals surface area contributed by atoms with Gasteiger partial charge in [-0.15, -0.1) is 0 Å². The van der Waals surface area contributed by atoms with Crippen LogP contribution in [0, 0.1) is 0 Å². The van der Waals surface area contributed by atoms with Gasteiger partial charge in [-0.3, -0.25) is 9.59 Å². The van der Waals surface area contributed by atoms with Gasteiger partial charge in [-0.2, -0.15) is 0 Å². The fraction of sp³-hybridized carbons (Fsp3) is 0.118. The molecule has 6 rings (SSSR count). The fourth-order valence-corrected chi connectivity index (χ4v) is 7.03. The Morgan fingerprint density at radius 3 is 1.56 bits per heavy atom. The molecule has 0 atom stereocenters. The summed E-state index contributed by atoms with van der Waals surface area (Å²) in [7, 11) is 0.317. The molecule has 1 radical (unpaired) electrons. The highest BCUT2D eigenvalue weighted by atomic mass is 79.9. The van der Waals surface area contributed by atoms with Gasteiger partial charge < -0.3 is 33.8 Å². The summed E-state index contributed by atoms with van der Waals surface area (Å²) in [6, 6.07) is 3.26. The zero-order valence-electron chi connectivity index (χ0n) is 30.6. The normalized spacial score (nSPS) is 12.7. The van der Waals surface area contributed by atoms with Crippen LogP contribution in [0.1, 0.15) is 65.4 Å². The molecule has 0 spiro atoms. The minimum atomic E-state index is -0.659. The van der Waals surface area contributed by atoms with E-state index in [4.69, 9.17) is 26.7 Å². The maximum absolute atomic E-state index is 13.2. The Hall–Kier alpha value is -3.56. The monoisotopic (exact) mass is 909 g/mol. The van der Waals surface area contributed by atoms with Crippen LogP contribution in [-0.2, 0) is 12.8 Å².